The molecule has 1 aliphatic rings. The van der Waals surface area contributed by atoms with Crippen molar-refractivity contribution in [2.45, 2.75) is 50.7 Å². The lowest BCUT2D eigenvalue weighted by molar-refractivity contribution is -0.00548. The van der Waals surface area contributed by atoms with Gasteiger partial charge < -0.3 is 9.64 Å². The predicted octanol–water partition coefficient (Wildman–Crippen LogP) is 4.00. The van der Waals surface area contributed by atoms with Crippen LogP contribution in [0.3, 0.4) is 0 Å². The van der Waals surface area contributed by atoms with E-state index in [2.05, 4.69) is 66.8 Å². The van der Waals surface area contributed by atoms with Gasteiger partial charge in [-0.1, -0.05) is 23.8 Å². The third-order valence-electron chi connectivity index (χ3n) is 4.25. The van der Waals surface area contributed by atoms with E-state index in [1.54, 1.807) is 18.1 Å². The number of ether oxygens (including phenoxy) is 1. The monoisotopic (exact) mass is 343 g/mol. The fraction of sp³-hybridized carbons (Fsp3) is 0.474. The summed E-state index contributed by atoms with van der Waals surface area (Å²) in [6.45, 7) is 10.3. The summed E-state index contributed by atoms with van der Waals surface area (Å²) in [5.41, 5.74) is 4.00. The molecular formula is C19H25N3OS. The Balaban J connectivity index is 1.70. The number of benzene rings is 1. The number of hydrogen-bond acceptors (Lipinski definition) is 5. The third kappa shape index (κ3) is 4.28. The second-order valence-electron chi connectivity index (χ2n) is 6.60. The molecule has 0 bridgehead atoms. The molecule has 1 saturated heterocycles. The molecule has 2 aromatic rings. The number of morpholine rings is 1. The number of thioether (sulfide) groups is 1. The maximum Gasteiger partial charge on any atom is 0.133 e. The second-order valence-corrected chi connectivity index (χ2v) is 7.59. The molecule has 2 unspecified atom stereocenters. The van der Waals surface area contributed by atoms with E-state index in [-0.39, 0.29) is 12.2 Å². The first-order valence-corrected chi connectivity index (χ1v) is 9.41. The summed E-state index contributed by atoms with van der Waals surface area (Å²) in [5, 5.41) is 1.02. The molecule has 1 aromatic carbocycles. The summed E-state index contributed by atoms with van der Waals surface area (Å²) >= 11 is 1.77. The molecule has 1 aromatic heterocycles. The Morgan fingerprint density at radius 2 is 1.88 bits per heavy atom. The fourth-order valence-corrected chi connectivity index (χ4v) is 3.98. The normalized spacial score (nSPS) is 21.1. The van der Waals surface area contributed by atoms with Crippen molar-refractivity contribution < 1.29 is 4.74 Å². The molecule has 0 aliphatic carbocycles. The molecular weight excluding hydrogens is 318 g/mol. The highest BCUT2D eigenvalue weighted by molar-refractivity contribution is 7.98. The third-order valence-corrected chi connectivity index (χ3v) is 5.23. The number of aryl methyl sites for hydroxylation is 2. The van der Waals surface area contributed by atoms with Crippen molar-refractivity contribution in [1.29, 1.82) is 0 Å². The molecule has 3 rings (SSSR count). The summed E-state index contributed by atoms with van der Waals surface area (Å²) < 4.78 is 5.81. The van der Waals surface area contributed by atoms with Gasteiger partial charge in [-0.25, -0.2) is 9.97 Å². The number of hydrogen-bond donors (Lipinski definition) is 0. The van der Waals surface area contributed by atoms with Crippen molar-refractivity contribution >= 4 is 17.6 Å². The summed E-state index contributed by atoms with van der Waals surface area (Å²) in [6, 6.07) is 8.70. The zero-order valence-electron chi connectivity index (χ0n) is 14.8. The Morgan fingerprint density at radius 1 is 1.12 bits per heavy atom. The number of rotatable bonds is 4. The van der Waals surface area contributed by atoms with Crippen molar-refractivity contribution in [1.82, 2.24) is 9.97 Å². The van der Waals surface area contributed by atoms with Gasteiger partial charge in [-0.15, -0.1) is 11.8 Å². The van der Waals surface area contributed by atoms with Gasteiger partial charge in [-0.05, 0) is 38.8 Å². The second kappa shape index (κ2) is 7.53. The van der Waals surface area contributed by atoms with E-state index < -0.39 is 0 Å². The highest BCUT2D eigenvalue weighted by atomic mass is 32.2. The van der Waals surface area contributed by atoms with E-state index in [0.717, 1.165) is 29.7 Å². The lowest BCUT2D eigenvalue weighted by atomic mass is 10.1. The highest BCUT2D eigenvalue weighted by Gasteiger charge is 2.23. The van der Waals surface area contributed by atoms with E-state index in [1.165, 1.54) is 16.7 Å². The molecule has 1 fully saturated rings. The standard InChI is InChI=1S/C19H25N3OS/c1-13-5-6-14(2)17(7-13)11-24-19-8-18(20-12-21-19)22-9-15(3)23-16(4)10-22/h5-8,12,15-16H,9-11H2,1-4H3. The van der Waals surface area contributed by atoms with Crippen LogP contribution >= 0.6 is 11.8 Å². The van der Waals surface area contributed by atoms with E-state index in [0.29, 0.717) is 0 Å². The minimum absolute atomic E-state index is 0.231. The van der Waals surface area contributed by atoms with Crippen LogP contribution in [0.5, 0.6) is 0 Å². The lowest BCUT2D eigenvalue weighted by Crippen LogP contribution is -2.45. The maximum absolute atomic E-state index is 5.81. The first kappa shape index (κ1) is 17.2. The topological polar surface area (TPSA) is 38.2 Å². The van der Waals surface area contributed by atoms with Crippen LogP contribution in [-0.2, 0) is 10.5 Å². The Kier molecular flexibility index (Phi) is 5.41. The smallest absolute Gasteiger partial charge is 0.133 e. The molecule has 2 heterocycles. The van der Waals surface area contributed by atoms with E-state index >= 15 is 0 Å². The minimum Gasteiger partial charge on any atom is -0.372 e. The molecule has 0 radical (unpaired) electrons. The first-order valence-electron chi connectivity index (χ1n) is 8.42. The van der Waals surface area contributed by atoms with Gasteiger partial charge in [0.15, 0.2) is 0 Å². The zero-order valence-corrected chi connectivity index (χ0v) is 15.6. The summed E-state index contributed by atoms with van der Waals surface area (Å²) in [7, 11) is 0. The van der Waals surface area contributed by atoms with Crippen LogP contribution in [0.25, 0.3) is 0 Å². The van der Waals surface area contributed by atoms with Gasteiger partial charge in [0.05, 0.1) is 12.2 Å². The Hall–Kier alpha value is -1.59. The predicted molar refractivity (Wildman–Crippen MR) is 99.7 cm³/mol. The summed E-state index contributed by atoms with van der Waals surface area (Å²) in [4.78, 5) is 11.2. The SMILES string of the molecule is Cc1ccc(C)c(CSc2cc(N3CC(C)OC(C)C3)ncn2)c1. The molecule has 4 nitrogen and oxygen atoms in total. The molecule has 2 atom stereocenters. The number of anilines is 1. The van der Waals surface area contributed by atoms with Crippen molar-refractivity contribution in [2.24, 2.45) is 0 Å². The molecule has 0 amide bonds. The number of nitrogens with zero attached hydrogens (tertiary/aromatic N) is 3. The van der Waals surface area contributed by atoms with Crippen molar-refractivity contribution in [3.05, 3.63) is 47.3 Å². The van der Waals surface area contributed by atoms with Crippen LogP contribution in [-0.4, -0.2) is 35.3 Å². The van der Waals surface area contributed by atoms with E-state index in [9.17, 15) is 0 Å². The Morgan fingerprint density at radius 3 is 2.62 bits per heavy atom. The van der Waals surface area contributed by atoms with Crippen molar-refractivity contribution in [3.8, 4) is 0 Å². The van der Waals surface area contributed by atoms with Gasteiger partial charge >= 0.3 is 0 Å². The van der Waals surface area contributed by atoms with Crippen LogP contribution in [0.15, 0.2) is 35.6 Å². The molecule has 0 saturated carbocycles. The van der Waals surface area contributed by atoms with Gasteiger partial charge in [-0.3, -0.25) is 0 Å². The molecule has 5 heteroatoms. The zero-order chi connectivity index (χ0) is 17.1. The maximum atomic E-state index is 5.81. The average molecular weight is 343 g/mol. The van der Waals surface area contributed by atoms with Crippen molar-refractivity contribution in [2.75, 3.05) is 18.0 Å². The van der Waals surface area contributed by atoms with E-state index in [4.69, 9.17) is 4.74 Å². The van der Waals surface area contributed by atoms with Gasteiger partial charge in [0, 0.05) is 24.9 Å². The van der Waals surface area contributed by atoms with Crippen LogP contribution in [0.4, 0.5) is 5.82 Å². The van der Waals surface area contributed by atoms with Crippen LogP contribution in [0.1, 0.15) is 30.5 Å². The fourth-order valence-electron chi connectivity index (χ4n) is 3.05. The van der Waals surface area contributed by atoms with Crippen LogP contribution in [0, 0.1) is 13.8 Å². The van der Waals surface area contributed by atoms with Crippen LogP contribution in [0.2, 0.25) is 0 Å². The van der Waals surface area contributed by atoms with Crippen molar-refractivity contribution in [3.63, 3.8) is 0 Å². The van der Waals surface area contributed by atoms with Gasteiger partial charge in [0.25, 0.3) is 0 Å². The van der Waals surface area contributed by atoms with Gasteiger partial charge in [0.2, 0.25) is 0 Å². The minimum atomic E-state index is 0.231. The summed E-state index contributed by atoms with van der Waals surface area (Å²) in [5.74, 6) is 1.93. The Labute approximate surface area is 148 Å². The molecule has 0 spiro atoms. The number of aromatic nitrogens is 2. The molecule has 1 aliphatic heterocycles. The molecule has 0 N–H and O–H groups in total. The molecule has 24 heavy (non-hydrogen) atoms. The lowest BCUT2D eigenvalue weighted by Gasteiger charge is -2.36. The average Bonchev–Trinajstić information content (AvgIpc) is 2.55. The first-order chi connectivity index (χ1) is 11.5. The van der Waals surface area contributed by atoms with Gasteiger partial charge in [-0.2, -0.15) is 0 Å². The molecule has 128 valence electrons. The summed E-state index contributed by atoms with van der Waals surface area (Å²) in [6.07, 6.45) is 2.13. The highest BCUT2D eigenvalue weighted by Crippen LogP contribution is 2.26. The largest absolute Gasteiger partial charge is 0.372 e. The van der Waals surface area contributed by atoms with Gasteiger partial charge in [0.1, 0.15) is 17.2 Å². The van der Waals surface area contributed by atoms with Crippen LogP contribution < -0.4 is 4.90 Å². The van der Waals surface area contributed by atoms with E-state index in [1.807, 2.05) is 0 Å². The Bertz CT molecular complexity index is 697. The quantitative estimate of drug-likeness (QED) is 0.620.